The number of nitrogens with one attached hydrogen (secondary N) is 1. The quantitative estimate of drug-likeness (QED) is 0.565. The standard InChI is InChI=1S/C14H24N4S/c1-11(2)18(3)9-5-4-7-17-13-10-16-8-6-12(13)14(15)19/h6,8,10-11,17H,4-5,7,9H2,1-3H3,(H2,15,19). The van der Waals surface area contributed by atoms with Gasteiger partial charge in [-0.3, -0.25) is 4.98 Å². The molecule has 1 aromatic rings. The minimum Gasteiger partial charge on any atom is -0.389 e. The lowest BCUT2D eigenvalue weighted by atomic mass is 10.2. The SMILES string of the molecule is CC(C)N(C)CCCCNc1cnccc1C(N)=S. The molecule has 1 aromatic heterocycles. The second-order valence-corrected chi connectivity index (χ2v) is 5.43. The number of pyridine rings is 1. The number of anilines is 1. The van der Waals surface area contributed by atoms with E-state index >= 15 is 0 Å². The van der Waals surface area contributed by atoms with Crippen LogP contribution in [0.4, 0.5) is 5.69 Å². The van der Waals surface area contributed by atoms with Crippen molar-refractivity contribution < 1.29 is 0 Å². The van der Waals surface area contributed by atoms with Crippen LogP contribution in [-0.4, -0.2) is 41.1 Å². The van der Waals surface area contributed by atoms with Crippen LogP contribution in [0.1, 0.15) is 32.3 Å². The van der Waals surface area contributed by atoms with Gasteiger partial charge in [0, 0.05) is 24.3 Å². The number of nitrogens with two attached hydrogens (primary N) is 1. The molecule has 0 radical (unpaired) electrons. The van der Waals surface area contributed by atoms with Crippen LogP contribution in [0, 0.1) is 0 Å². The molecule has 0 fully saturated rings. The maximum Gasteiger partial charge on any atom is 0.106 e. The third-order valence-corrected chi connectivity index (χ3v) is 3.44. The van der Waals surface area contributed by atoms with Gasteiger partial charge in [0.05, 0.1) is 11.9 Å². The van der Waals surface area contributed by atoms with Gasteiger partial charge in [-0.1, -0.05) is 12.2 Å². The Morgan fingerprint density at radius 1 is 1.47 bits per heavy atom. The van der Waals surface area contributed by atoms with Gasteiger partial charge in [-0.25, -0.2) is 0 Å². The van der Waals surface area contributed by atoms with Crippen molar-refractivity contribution in [1.82, 2.24) is 9.88 Å². The second kappa shape index (κ2) is 8.07. The fraction of sp³-hybridized carbons (Fsp3) is 0.571. The highest BCUT2D eigenvalue weighted by molar-refractivity contribution is 7.80. The molecule has 106 valence electrons. The molecule has 0 unspecified atom stereocenters. The number of unbranched alkanes of at least 4 members (excludes halogenated alkanes) is 1. The molecule has 0 aliphatic heterocycles. The van der Waals surface area contributed by atoms with E-state index in [9.17, 15) is 0 Å². The summed E-state index contributed by atoms with van der Waals surface area (Å²) in [5.74, 6) is 0. The molecule has 0 aliphatic carbocycles. The molecule has 0 saturated heterocycles. The minimum atomic E-state index is 0.407. The highest BCUT2D eigenvalue weighted by Gasteiger charge is 2.05. The van der Waals surface area contributed by atoms with Crippen molar-refractivity contribution in [2.75, 3.05) is 25.5 Å². The van der Waals surface area contributed by atoms with E-state index in [1.54, 1.807) is 12.4 Å². The summed E-state index contributed by atoms with van der Waals surface area (Å²) < 4.78 is 0. The Morgan fingerprint density at radius 3 is 2.84 bits per heavy atom. The van der Waals surface area contributed by atoms with Crippen LogP contribution >= 0.6 is 12.2 Å². The van der Waals surface area contributed by atoms with Crippen LogP contribution in [0.15, 0.2) is 18.5 Å². The van der Waals surface area contributed by atoms with Crippen molar-refractivity contribution in [3.8, 4) is 0 Å². The molecule has 0 atom stereocenters. The Labute approximate surface area is 121 Å². The Bertz CT molecular complexity index is 406. The first-order chi connectivity index (χ1) is 9.02. The lowest BCUT2D eigenvalue weighted by molar-refractivity contribution is 0.269. The summed E-state index contributed by atoms with van der Waals surface area (Å²) in [6.45, 7) is 6.45. The van der Waals surface area contributed by atoms with Crippen LogP contribution in [0.3, 0.4) is 0 Å². The number of hydrogen-bond acceptors (Lipinski definition) is 4. The van der Waals surface area contributed by atoms with E-state index in [2.05, 4.69) is 36.1 Å². The third-order valence-electron chi connectivity index (χ3n) is 3.22. The third kappa shape index (κ3) is 5.53. The van der Waals surface area contributed by atoms with Gasteiger partial charge < -0.3 is 16.0 Å². The lowest BCUT2D eigenvalue weighted by Crippen LogP contribution is -2.27. The Kier molecular flexibility index (Phi) is 6.73. The Hall–Kier alpha value is -1.20. The van der Waals surface area contributed by atoms with Gasteiger partial charge in [-0.15, -0.1) is 0 Å². The smallest absolute Gasteiger partial charge is 0.106 e. The van der Waals surface area contributed by atoms with Crippen LogP contribution < -0.4 is 11.1 Å². The molecule has 0 aliphatic rings. The monoisotopic (exact) mass is 280 g/mol. The molecule has 19 heavy (non-hydrogen) atoms. The van der Waals surface area contributed by atoms with Gasteiger partial charge in [0.2, 0.25) is 0 Å². The van der Waals surface area contributed by atoms with E-state index in [0.29, 0.717) is 11.0 Å². The maximum atomic E-state index is 5.67. The van der Waals surface area contributed by atoms with Crippen molar-refractivity contribution in [2.24, 2.45) is 5.73 Å². The molecule has 1 rings (SSSR count). The molecule has 0 saturated carbocycles. The number of thiocarbonyl (C=S) groups is 1. The molecule has 0 spiro atoms. The highest BCUT2D eigenvalue weighted by Crippen LogP contribution is 2.13. The van der Waals surface area contributed by atoms with Crippen molar-refractivity contribution in [3.63, 3.8) is 0 Å². The van der Waals surface area contributed by atoms with Gasteiger partial charge in [-0.2, -0.15) is 0 Å². The zero-order valence-electron chi connectivity index (χ0n) is 12.0. The molecule has 3 N–H and O–H groups in total. The predicted octanol–water partition coefficient (Wildman–Crippen LogP) is 2.25. The zero-order valence-corrected chi connectivity index (χ0v) is 12.8. The van der Waals surface area contributed by atoms with Gasteiger partial charge in [0.1, 0.15) is 4.99 Å². The molecule has 0 bridgehead atoms. The first-order valence-electron chi connectivity index (χ1n) is 6.70. The first-order valence-corrected chi connectivity index (χ1v) is 7.11. The summed E-state index contributed by atoms with van der Waals surface area (Å²) in [4.78, 5) is 6.85. The Morgan fingerprint density at radius 2 is 2.21 bits per heavy atom. The minimum absolute atomic E-state index is 0.407. The summed E-state index contributed by atoms with van der Waals surface area (Å²) in [5, 5.41) is 3.35. The average molecular weight is 280 g/mol. The van der Waals surface area contributed by atoms with Crippen molar-refractivity contribution in [3.05, 3.63) is 24.0 Å². The number of aromatic nitrogens is 1. The molecular weight excluding hydrogens is 256 g/mol. The highest BCUT2D eigenvalue weighted by atomic mass is 32.1. The molecule has 4 nitrogen and oxygen atoms in total. The van der Waals surface area contributed by atoms with Crippen LogP contribution in [-0.2, 0) is 0 Å². The van der Waals surface area contributed by atoms with Gasteiger partial charge >= 0.3 is 0 Å². The number of hydrogen-bond donors (Lipinski definition) is 2. The molecule has 5 heteroatoms. The van der Waals surface area contributed by atoms with E-state index in [4.69, 9.17) is 18.0 Å². The summed E-state index contributed by atoms with van der Waals surface area (Å²) in [5.41, 5.74) is 7.46. The van der Waals surface area contributed by atoms with Gasteiger partial charge in [0.25, 0.3) is 0 Å². The summed E-state index contributed by atoms with van der Waals surface area (Å²) in [7, 11) is 2.16. The summed E-state index contributed by atoms with van der Waals surface area (Å²) in [6.07, 6.45) is 5.76. The largest absolute Gasteiger partial charge is 0.389 e. The van der Waals surface area contributed by atoms with E-state index in [0.717, 1.165) is 30.8 Å². The van der Waals surface area contributed by atoms with Crippen molar-refractivity contribution in [1.29, 1.82) is 0 Å². The zero-order chi connectivity index (χ0) is 14.3. The average Bonchev–Trinajstić information content (AvgIpc) is 2.38. The summed E-state index contributed by atoms with van der Waals surface area (Å²) >= 11 is 5.02. The first kappa shape index (κ1) is 15.9. The number of nitrogens with zero attached hydrogens (tertiary/aromatic N) is 2. The topological polar surface area (TPSA) is 54.2 Å². The fourth-order valence-corrected chi connectivity index (χ4v) is 1.90. The second-order valence-electron chi connectivity index (χ2n) is 4.99. The van der Waals surface area contributed by atoms with Crippen LogP contribution in [0.5, 0.6) is 0 Å². The molecule has 0 aromatic carbocycles. The van der Waals surface area contributed by atoms with Crippen LogP contribution in [0.25, 0.3) is 0 Å². The van der Waals surface area contributed by atoms with Crippen molar-refractivity contribution >= 4 is 22.9 Å². The van der Waals surface area contributed by atoms with E-state index in [1.807, 2.05) is 6.07 Å². The lowest BCUT2D eigenvalue weighted by Gasteiger charge is -2.20. The maximum absolute atomic E-state index is 5.67. The fourth-order valence-electron chi connectivity index (χ4n) is 1.72. The number of rotatable bonds is 8. The molecule has 0 amide bonds. The van der Waals surface area contributed by atoms with Gasteiger partial charge in [0.15, 0.2) is 0 Å². The predicted molar refractivity (Wildman–Crippen MR) is 85.6 cm³/mol. The van der Waals surface area contributed by atoms with Crippen LogP contribution in [0.2, 0.25) is 0 Å². The summed E-state index contributed by atoms with van der Waals surface area (Å²) in [6, 6.07) is 2.45. The van der Waals surface area contributed by atoms with Crippen molar-refractivity contribution in [2.45, 2.75) is 32.7 Å². The van der Waals surface area contributed by atoms with E-state index in [1.165, 1.54) is 6.42 Å². The Balaban J connectivity index is 2.32. The molecular formula is C14H24N4S. The molecule has 1 heterocycles. The normalized spacial score (nSPS) is 11.0. The van der Waals surface area contributed by atoms with E-state index < -0.39 is 0 Å². The van der Waals surface area contributed by atoms with Gasteiger partial charge in [-0.05, 0) is 46.3 Å². The van der Waals surface area contributed by atoms with E-state index in [-0.39, 0.29) is 0 Å².